The van der Waals surface area contributed by atoms with Crippen molar-refractivity contribution >= 4 is 27.3 Å². The molecule has 0 atom stereocenters. The van der Waals surface area contributed by atoms with Crippen LogP contribution < -0.4 is 14.4 Å². The molecule has 10 heteroatoms. The van der Waals surface area contributed by atoms with E-state index in [0.29, 0.717) is 35.3 Å². The monoisotopic (exact) mass is 428 g/mol. The van der Waals surface area contributed by atoms with Gasteiger partial charge in [0.15, 0.2) is 12.4 Å². The standard InChI is InChI=1S/C20H20N4O5S/c1-3-14-6-4-5-7-16(14)23-30(26,27)15-8-9-18-17(10-15)24(20(25)12-28-18)11-19-21-13(2)29-22-19/h4-10,23H,3,11-12H2,1-2H3. The smallest absolute Gasteiger partial charge is 0.265 e. The van der Waals surface area contributed by atoms with E-state index < -0.39 is 10.0 Å². The second kappa shape index (κ2) is 7.79. The molecule has 0 bridgehead atoms. The number of anilines is 2. The molecule has 0 unspecified atom stereocenters. The Balaban J connectivity index is 1.68. The number of para-hydroxylation sites is 1. The highest BCUT2D eigenvalue weighted by Gasteiger charge is 2.29. The lowest BCUT2D eigenvalue weighted by atomic mass is 10.1. The Morgan fingerprint density at radius 2 is 2.00 bits per heavy atom. The summed E-state index contributed by atoms with van der Waals surface area (Å²) < 4.78 is 39.1. The van der Waals surface area contributed by atoms with Gasteiger partial charge in [-0.2, -0.15) is 4.98 Å². The molecule has 0 saturated heterocycles. The first-order valence-corrected chi connectivity index (χ1v) is 10.8. The van der Waals surface area contributed by atoms with E-state index in [0.717, 1.165) is 5.56 Å². The molecule has 156 valence electrons. The lowest BCUT2D eigenvalue weighted by Gasteiger charge is -2.28. The van der Waals surface area contributed by atoms with Crippen molar-refractivity contribution in [3.63, 3.8) is 0 Å². The average molecular weight is 428 g/mol. The molecular formula is C20H20N4O5S. The van der Waals surface area contributed by atoms with Crippen LogP contribution in [0.4, 0.5) is 11.4 Å². The van der Waals surface area contributed by atoms with E-state index in [1.54, 1.807) is 19.1 Å². The van der Waals surface area contributed by atoms with Gasteiger partial charge in [0.2, 0.25) is 5.89 Å². The Morgan fingerprint density at radius 3 is 2.73 bits per heavy atom. The molecule has 1 aliphatic rings. The summed E-state index contributed by atoms with van der Waals surface area (Å²) in [5.41, 5.74) is 1.73. The van der Waals surface area contributed by atoms with Crippen LogP contribution in [0, 0.1) is 6.92 Å². The van der Waals surface area contributed by atoms with Gasteiger partial charge in [-0.25, -0.2) is 8.42 Å². The van der Waals surface area contributed by atoms with Gasteiger partial charge in [-0.3, -0.25) is 14.4 Å². The van der Waals surface area contributed by atoms with Crippen molar-refractivity contribution < 1.29 is 22.5 Å². The zero-order chi connectivity index (χ0) is 21.3. The number of fused-ring (bicyclic) bond motifs is 1. The van der Waals surface area contributed by atoms with Gasteiger partial charge in [-0.1, -0.05) is 30.3 Å². The van der Waals surface area contributed by atoms with Crippen molar-refractivity contribution in [1.29, 1.82) is 0 Å². The first kappa shape index (κ1) is 19.9. The summed E-state index contributed by atoms with van der Waals surface area (Å²) in [5.74, 6) is 0.768. The van der Waals surface area contributed by atoms with Crippen molar-refractivity contribution in [2.45, 2.75) is 31.7 Å². The van der Waals surface area contributed by atoms with Crippen molar-refractivity contribution in [3.05, 3.63) is 59.7 Å². The fraction of sp³-hybridized carbons (Fsp3) is 0.250. The number of nitrogens with zero attached hydrogens (tertiary/aromatic N) is 3. The highest BCUT2D eigenvalue weighted by molar-refractivity contribution is 7.92. The minimum Gasteiger partial charge on any atom is -0.482 e. The van der Waals surface area contributed by atoms with Crippen LogP contribution in [0.3, 0.4) is 0 Å². The number of amides is 1. The molecular weight excluding hydrogens is 408 g/mol. The summed E-state index contributed by atoms with van der Waals surface area (Å²) in [6, 6.07) is 11.6. The summed E-state index contributed by atoms with van der Waals surface area (Å²) in [4.78, 5) is 18.0. The van der Waals surface area contributed by atoms with Gasteiger partial charge in [0.1, 0.15) is 5.75 Å². The van der Waals surface area contributed by atoms with Crippen LogP contribution in [-0.2, 0) is 27.8 Å². The summed E-state index contributed by atoms with van der Waals surface area (Å²) >= 11 is 0. The molecule has 2 aromatic carbocycles. The van der Waals surface area contributed by atoms with Gasteiger partial charge in [0.05, 0.1) is 22.8 Å². The zero-order valence-corrected chi connectivity index (χ0v) is 17.3. The van der Waals surface area contributed by atoms with E-state index >= 15 is 0 Å². The van der Waals surface area contributed by atoms with E-state index in [1.165, 1.54) is 23.1 Å². The first-order valence-electron chi connectivity index (χ1n) is 9.34. The molecule has 1 aliphatic heterocycles. The molecule has 0 saturated carbocycles. The number of rotatable bonds is 6. The lowest BCUT2D eigenvalue weighted by Crippen LogP contribution is -2.38. The maximum absolute atomic E-state index is 13.0. The van der Waals surface area contributed by atoms with Crippen LogP contribution in [-0.4, -0.2) is 31.1 Å². The van der Waals surface area contributed by atoms with Gasteiger partial charge in [0, 0.05) is 6.92 Å². The molecule has 4 rings (SSSR count). The van der Waals surface area contributed by atoms with Crippen molar-refractivity contribution in [2.24, 2.45) is 0 Å². The Hall–Kier alpha value is -3.40. The van der Waals surface area contributed by atoms with E-state index in [1.807, 2.05) is 19.1 Å². The minimum atomic E-state index is -3.88. The highest BCUT2D eigenvalue weighted by Crippen LogP contribution is 2.35. The SMILES string of the molecule is CCc1ccccc1NS(=O)(=O)c1ccc2c(c1)N(Cc1noc(C)n1)C(=O)CO2. The third kappa shape index (κ3) is 3.86. The van der Waals surface area contributed by atoms with Crippen LogP contribution >= 0.6 is 0 Å². The topological polar surface area (TPSA) is 115 Å². The zero-order valence-electron chi connectivity index (χ0n) is 16.5. The Bertz CT molecular complexity index is 1210. The maximum Gasteiger partial charge on any atom is 0.265 e. The van der Waals surface area contributed by atoms with Crippen molar-refractivity contribution in [1.82, 2.24) is 10.1 Å². The molecule has 1 N–H and O–H groups in total. The molecule has 0 radical (unpaired) electrons. The number of hydrogen-bond donors (Lipinski definition) is 1. The number of sulfonamides is 1. The molecule has 0 spiro atoms. The number of carbonyl (C=O) groups is 1. The van der Waals surface area contributed by atoms with Crippen LogP contribution in [0.15, 0.2) is 51.9 Å². The molecule has 2 heterocycles. The first-order chi connectivity index (χ1) is 14.4. The highest BCUT2D eigenvalue weighted by atomic mass is 32.2. The van der Waals surface area contributed by atoms with E-state index in [-0.39, 0.29) is 24.0 Å². The molecule has 3 aromatic rings. The van der Waals surface area contributed by atoms with Gasteiger partial charge >= 0.3 is 0 Å². The number of aromatic nitrogens is 2. The minimum absolute atomic E-state index is 0.0137. The fourth-order valence-corrected chi connectivity index (χ4v) is 4.32. The van der Waals surface area contributed by atoms with E-state index in [4.69, 9.17) is 9.26 Å². The Kier molecular flexibility index (Phi) is 5.17. The summed E-state index contributed by atoms with van der Waals surface area (Å²) in [6.45, 7) is 3.49. The Morgan fingerprint density at radius 1 is 1.20 bits per heavy atom. The third-order valence-electron chi connectivity index (χ3n) is 4.70. The number of carbonyl (C=O) groups excluding carboxylic acids is 1. The average Bonchev–Trinajstić information content (AvgIpc) is 3.14. The second-order valence-corrected chi connectivity index (χ2v) is 8.43. The number of nitrogens with one attached hydrogen (secondary N) is 1. The number of benzene rings is 2. The molecule has 0 aliphatic carbocycles. The predicted octanol–water partition coefficient (Wildman–Crippen LogP) is 2.67. The van der Waals surface area contributed by atoms with Gasteiger partial charge in [0.25, 0.3) is 15.9 Å². The summed E-state index contributed by atoms with van der Waals surface area (Å²) in [6.07, 6.45) is 0.684. The molecule has 30 heavy (non-hydrogen) atoms. The van der Waals surface area contributed by atoms with Crippen LogP contribution in [0.2, 0.25) is 0 Å². The predicted molar refractivity (Wildman–Crippen MR) is 109 cm³/mol. The Labute approximate surface area is 173 Å². The molecule has 9 nitrogen and oxygen atoms in total. The molecule has 1 amide bonds. The molecule has 0 fully saturated rings. The number of hydrogen-bond acceptors (Lipinski definition) is 7. The van der Waals surface area contributed by atoms with E-state index in [2.05, 4.69) is 14.9 Å². The molecule has 1 aromatic heterocycles. The van der Waals surface area contributed by atoms with Crippen molar-refractivity contribution in [2.75, 3.05) is 16.2 Å². The van der Waals surface area contributed by atoms with Crippen LogP contribution in [0.25, 0.3) is 0 Å². The lowest BCUT2D eigenvalue weighted by molar-refractivity contribution is -0.121. The van der Waals surface area contributed by atoms with E-state index in [9.17, 15) is 13.2 Å². The largest absolute Gasteiger partial charge is 0.482 e. The maximum atomic E-state index is 13.0. The normalized spacial score (nSPS) is 13.7. The summed E-state index contributed by atoms with van der Waals surface area (Å²) in [5, 5.41) is 3.81. The van der Waals surface area contributed by atoms with Gasteiger partial charge in [-0.05, 0) is 36.2 Å². The van der Waals surface area contributed by atoms with Gasteiger partial charge < -0.3 is 9.26 Å². The number of ether oxygens (including phenoxy) is 1. The number of aryl methyl sites for hydroxylation is 2. The van der Waals surface area contributed by atoms with Gasteiger partial charge in [-0.15, -0.1) is 0 Å². The summed E-state index contributed by atoms with van der Waals surface area (Å²) in [7, 11) is -3.88. The van der Waals surface area contributed by atoms with Crippen molar-refractivity contribution in [3.8, 4) is 5.75 Å². The fourth-order valence-electron chi connectivity index (χ4n) is 3.20. The third-order valence-corrected chi connectivity index (χ3v) is 6.06. The van der Waals surface area contributed by atoms with Crippen LogP contribution in [0.5, 0.6) is 5.75 Å². The second-order valence-electron chi connectivity index (χ2n) is 6.74. The quantitative estimate of drug-likeness (QED) is 0.642. The van der Waals surface area contributed by atoms with Crippen LogP contribution in [0.1, 0.15) is 24.2 Å².